The van der Waals surface area contributed by atoms with Gasteiger partial charge in [0.1, 0.15) is 5.75 Å². The first kappa shape index (κ1) is 18.7. The second kappa shape index (κ2) is 9.54. The summed E-state index contributed by atoms with van der Waals surface area (Å²) in [5.74, 6) is 1.64. The monoisotopic (exact) mass is 326 g/mol. The van der Waals surface area contributed by atoms with Crippen LogP contribution in [-0.2, 0) is 0 Å². The standard InChI is InChI=1S/C13H19ClN2O.2ClH/c1-17-13-4-2-12(3-5-13)16-10-8-15(7-6-14)9-11-16;;/h2-5H,6-11H2,1H3;2*1H. The Morgan fingerprint density at radius 1 is 1.05 bits per heavy atom. The third-order valence-electron chi connectivity index (χ3n) is 3.21. The summed E-state index contributed by atoms with van der Waals surface area (Å²) in [6.07, 6.45) is 0. The molecule has 0 radical (unpaired) electrons. The Kier molecular flexibility index (Phi) is 9.36. The summed E-state index contributed by atoms with van der Waals surface area (Å²) in [5.41, 5.74) is 1.27. The van der Waals surface area contributed by atoms with E-state index in [1.165, 1.54) is 5.69 Å². The minimum atomic E-state index is 0. The quantitative estimate of drug-likeness (QED) is 0.791. The molecule has 1 aliphatic rings. The highest BCUT2D eigenvalue weighted by Crippen LogP contribution is 2.20. The van der Waals surface area contributed by atoms with Crippen molar-refractivity contribution in [2.75, 3.05) is 50.6 Å². The normalized spacial score (nSPS) is 15.4. The van der Waals surface area contributed by atoms with Crippen LogP contribution in [0.1, 0.15) is 0 Å². The Bertz CT molecular complexity index is 340. The molecule has 0 atom stereocenters. The zero-order valence-corrected chi connectivity index (χ0v) is 13.4. The van der Waals surface area contributed by atoms with E-state index in [-0.39, 0.29) is 24.8 Å². The zero-order chi connectivity index (χ0) is 12.1. The van der Waals surface area contributed by atoms with Gasteiger partial charge in [-0.05, 0) is 24.3 Å². The smallest absolute Gasteiger partial charge is 0.119 e. The summed E-state index contributed by atoms with van der Waals surface area (Å²) in [7, 11) is 1.69. The number of ether oxygens (including phenoxy) is 1. The van der Waals surface area contributed by atoms with Gasteiger partial charge in [0.2, 0.25) is 0 Å². The molecule has 1 aromatic carbocycles. The fraction of sp³-hybridized carbons (Fsp3) is 0.538. The van der Waals surface area contributed by atoms with Crippen LogP contribution in [0.4, 0.5) is 5.69 Å². The van der Waals surface area contributed by atoms with Crippen molar-refractivity contribution in [3.63, 3.8) is 0 Å². The van der Waals surface area contributed by atoms with E-state index in [4.69, 9.17) is 16.3 Å². The molecule has 0 bridgehead atoms. The molecule has 1 heterocycles. The molecule has 0 aromatic heterocycles. The Balaban J connectivity index is 0.00000162. The lowest BCUT2D eigenvalue weighted by molar-refractivity contribution is 0.272. The maximum Gasteiger partial charge on any atom is 0.119 e. The average Bonchev–Trinajstić information content (AvgIpc) is 2.40. The maximum atomic E-state index is 5.75. The number of alkyl halides is 1. The third kappa shape index (κ3) is 5.27. The van der Waals surface area contributed by atoms with Crippen LogP contribution in [-0.4, -0.2) is 50.6 Å². The van der Waals surface area contributed by atoms with Crippen LogP contribution in [0.15, 0.2) is 24.3 Å². The largest absolute Gasteiger partial charge is 0.497 e. The van der Waals surface area contributed by atoms with Crippen LogP contribution >= 0.6 is 36.4 Å². The summed E-state index contributed by atoms with van der Waals surface area (Å²) in [4.78, 5) is 4.82. The van der Waals surface area contributed by atoms with Crippen molar-refractivity contribution in [3.05, 3.63) is 24.3 Å². The van der Waals surface area contributed by atoms with Crippen LogP contribution in [0.3, 0.4) is 0 Å². The van der Waals surface area contributed by atoms with E-state index in [1.54, 1.807) is 7.11 Å². The van der Waals surface area contributed by atoms with Crippen molar-refractivity contribution in [1.29, 1.82) is 0 Å². The molecule has 0 saturated carbocycles. The molecule has 3 nitrogen and oxygen atoms in total. The van der Waals surface area contributed by atoms with Gasteiger partial charge in [-0.15, -0.1) is 36.4 Å². The van der Waals surface area contributed by atoms with E-state index in [1.807, 2.05) is 12.1 Å². The molecular weight excluding hydrogens is 307 g/mol. The lowest BCUT2D eigenvalue weighted by Crippen LogP contribution is -2.46. The zero-order valence-electron chi connectivity index (χ0n) is 11.0. The van der Waals surface area contributed by atoms with Crippen LogP contribution in [0.2, 0.25) is 0 Å². The highest BCUT2D eigenvalue weighted by Gasteiger charge is 2.16. The van der Waals surface area contributed by atoms with Gasteiger partial charge in [-0.1, -0.05) is 0 Å². The van der Waals surface area contributed by atoms with Crippen LogP contribution in [0.5, 0.6) is 5.75 Å². The fourth-order valence-corrected chi connectivity index (χ4v) is 2.38. The van der Waals surface area contributed by atoms with Gasteiger partial charge in [-0.25, -0.2) is 0 Å². The van der Waals surface area contributed by atoms with Crippen molar-refractivity contribution in [1.82, 2.24) is 4.90 Å². The molecule has 0 N–H and O–H groups in total. The molecule has 2 rings (SSSR count). The second-order valence-electron chi connectivity index (χ2n) is 4.22. The molecule has 1 saturated heterocycles. The third-order valence-corrected chi connectivity index (χ3v) is 3.38. The number of nitrogens with zero attached hydrogens (tertiary/aromatic N) is 2. The van der Waals surface area contributed by atoms with E-state index >= 15 is 0 Å². The number of methoxy groups -OCH3 is 1. The number of hydrogen-bond donors (Lipinski definition) is 0. The van der Waals surface area contributed by atoms with Crippen LogP contribution in [0.25, 0.3) is 0 Å². The minimum absolute atomic E-state index is 0. The van der Waals surface area contributed by atoms with E-state index in [0.29, 0.717) is 0 Å². The number of hydrogen-bond acceptors (Lipinski definition) is 3. The number of rotatable bonds is 4. The van der Waals surface area contributed by atoms with E-state index in [0.717, 1.165) is 44.4 Å². The van der Waals surface area contributed by atoms with Gasteiger partial charge in [0.05, 0.1) is 7.11 Å². The lowest BCUT2D eigenvalue weighted by atomic mass is 10.2. The van der Waals surface area contributed by atoms with Crippen molar-refractivity contribution >= 4 is 42.1 Å². The van der Waals surface area contributed by atoms with Gasteiger partial charge < -0.3 is 9.64 Å². The molecule has 110 valence electrons. The Labute approximate surface area is 132 Å². The first-order valence-corrected chi connectivity index (χ1v) is 6.54. The molecule has 1 fully saturated rings. The Morgan fingerprint density at radius 3 is 2.11 bits per heavy atom. The number of anilines is 1. The fourth-order valence-electron chi connectivity index (χ4n) is 2.14. The molecule has 19 heavy (non-hydrogen) atoms. The lowest BCUT2D eigenvalue weighted by Gasteiger charge is -2.35. The molecule has 0 amide bonds. The molecule has 0 unspecified atom stereocenters. The molecular formula is C13H21Cl3N2O. The molecule has 0 aliphatic carbocycles. The van der Waals surface area contributed by atoms with Crippen molar-refractivity contribution in [2.45, 2.75) is 0 Å². The van der Waals surface area contributed by atoms with Gasteiger partial charge in [0.25, 0.3) is 0 Å². The predicted octanol–water partition coefficient (Wildman–Crippen LogP) is 2.90. The van der Waals surface area contributed by atoms with Crippen LogP contribution < -0.4 is 9.64 Å². The van der Waals surface area contributed by atoms with Crippen molar-refractivity contribution in [3.8, 4) is 5.75 Å². The average molecular weight is 328 g/mol. The van der Waals surface area contributed by atoms with Crippen molar-refractivity contribution in [2.24, 2.45) is 0 Å². The van der Waals surface area contributed by atoms with E-state index in [9.17, 15) is 0 Å². The highest BCUT2D eigenvalue weighted by atomic mass is 35.5. The number of halogens is 3. The summed E-state index contributed by atoms with van der Waals surface area (Å²) in [6, 6.07) is 8.27. The topological polar surface area (TPSA) is 15.7 Å². The Morgan fingerprint density at radius 2 is 1.63 bits per heavy atom. The minimum Gasteiger partial charge on any atom is -0.497 e. The summed E-state index contributed by atoms with van der Waals surface area (Å²) >= 11 is 5.75. The Hall–Kier alpha value is -0.350. The molecule has 1 aliphatic heterocycles. The van der Waals surface area contributed by atoms with Gasteiger partial charge in [-0.3, -0.25) is 4.90 Å². The number of piperazine rings is 1. The highest BCUT2D eigenvalue weighted by molar-refractivity contribution is 6.18. The molecule has 6 heteroatoms. The van der Waals surface area contributed by atoms with Gasteiger partial charge >= 0.3 is 0 Å². The van der Waals surface area contributed by atoms with E-state index < -0.39 is 0 Å². The SMILES string of the molecule is COc1ccc(N2CCN(CCCl)CC2)cc1.Cl.Cl. The van der Waals surface area contributed by atoms with Crippen LogP contribution in [0, 0.1) is 0 Å². The van der Waals surface area contributed by atoms with E-state index in [2.05, 4.69) is 21.9 Å². The molecule has 0 spiro atoms. The summed E-state index contributed by atoms with van der Waals surface area (Å²) < 4.78 is 5.16. The van der Waals surface area contributed by atoms with Gasteiger partial charge in [0.15, 0.2) is 0 Å². The summed E-state index contributed by atoms with van der Waals surface area (Å²) in [6.45, 7) is 5.34. The van der Waals surface area contributed by atoms with Gasteiger partial charge in [-0.2, -0.15) is 0 Å². The maximum absolute atomic E-state index is 5.75. The second-order valence-corrected chi connectivity index (χ2v) is 4.59. The first-order valence-electron chi connectivity index (χ1n) is 6.01. The first-order chi connectivity index (χ1) is 8.33. The predicted molar refractivity (Wildman–Crippen MR) is 86.9 cm³/mol. The van der Waals surface area contributed by atoms with Gasteiger partial charge in [0, 0.05) is 44.3 Å². The van der Waals surface area contributed by atoms with Crippen molar-refractivity contribution < 1.29 is 4.74 Å². The number of benzene rings is 1. The molecule has 1 aromatic rings. The summed E-state index contributed by atoms with van der Waals surface area (Å²) in [5, 5.41) is 0.